The molecule has 168 valence electrons. The van der Waals surface area contributed by atoms with Gasteiger partial charge in [0.15, 0.2) is 0 Å². The van der Waals surface area contributed by atoms with Gasteiger partial charge in [-0.2, -0.15) is 0 Å². The number of halogens is 1. The summed E-state index contributed by atoms with van der Waals surface area (Å²) in [6.07, 6.45) is 8.79. The summed E-state index contributed by atoms with van der Waals surface area (Å²) in [4.78, 5) is 24.5. The third-order valence-corrected chi connectivity index (χ3v) is 5.79. The maximum atomic E-state index is 12.8. The Morgan fingerprint density at radius 1 is 1.28 bits per heavy atom. The van der Waals surface area contributed by atoms with E-state index in [-0.39, 0.29) is 12.5 Å². The zero-order chi connectivity index (χ0) is 22.5. The van der Waals surface area contributed by atoms with Crippen molar-refractivity contribution in [1.29, 1.82) is 0 Å². The van der Waals surface area contributed by atoms with Crippen molar-refractivity contribution >= 4 is 23.3 Å². The van der Waals surface area contributed by atoms with Gasteiger partial charge in [-0.3, -0.25) is 9.78 Å². The number of nitrogens with two attached hydrogens (primary N) is 1. The lowest BCUT2D eigenvalue weighted by atomic mass is 10.0. The highest BCUT2D eigenvalue weighted by Gasteiger charge is 2.18. The van der Waals surface area contributed by atoms with Gasteiger partial charge in [0.05, 0.1) is 11.1 Å². The molecule has 3 aromatic rings. The monoisotopic (exact) mass is 454 g/mol. The fourth-order valence-electron chi connectivity index (χ4n) is 3.78. The van der Waals surface area contributed by atoms with Crippen LogP contribution < -0.4 is 16.4 Å². The standard InChI is InChI=1S/C23H27ClN6O2/c1-14-10-28-22(29-18-2-4-32-5-3-18)8-19(14)15-7-20(27-12-15)23(31)30-21(9-25)16-6-17(24)13-26-11-16/h6-8,10-13,18,21,27H,2-5,9,25H2,1H3,(H,28,29)(H,30,31)/t21-/m0/s1. The Labute approximate surface area is 191 Å². The quantitative estimate of drug-likeness (QED) is 0.434. The van der Waals surface area contributed by atoms with Gasteiger partial charge in [0.2, 0.25) is 0 Å². The Morgan fingerprint density at radius 2 is 2.09 bits per heavy atom. The summed E-state index contributed by atoms with van der Waals surface area (Å²) < 4.78 is 5.42. The van der Waals surface area contributed by atoms with Gasteiger partial charge in [0.25, 0.3) is 5.91 Å². The maximum Gasteiger partial charge on any atom is 0.268 e. The van der Waals surface area contributed by atoms with Crippen molar-refractivity contribution in [2.45, 2.75) is 31.8 Å². The highest BCUT2D eigenvalue weighted by Crippen LogP contribution is 2.27. The maximum absolute atomic E-state index is 12.8. The first kappa shape index (κ1) is 22.3. The molecule has 8 nitrogen and oxygen atoms in total. The summed E-state index contributed by atoms with van der Waals surface area (Å²) in [5.74, 6) is 0.570. The van der Waals surface area contributed by atoms with Gasteiger partial charge < -0.3 is 26.1 Å². The Morgan fingerprint density at radius 3 is 2.84 bits per heavy atom. The number of nitrogens with zero attached hydrogens (tertiary/aromatic N) is 2. The molecule has 0 aliphatic carbocycles. The minimum atomic E-state index is -0.390. The van der Waals surface area contributed by atoms with E-state index >= 15 is 0 Å². The third kappa shape index (κ3) is 5.27. The molecule has 1 aliphatic rings. The summed E-state index contributed by atoms with van der Waals surface area (Å²) in [6, 6.07) is 5.57. The van der Waals surface area contributed by atoms with Crippen LogP contribution in [0.25, 0.3) is 11.1 Å². The second kappa shape index (κ2) is 10.1. The second-order valence-electron chi connectivity index (χ2n) is 7.92. The van der Waals surface area contributed by atoms with Crippen LogP contribution in [0, 0.1) is 6.92 Å². The van der Waals surface area contributed by atoms with Crippen molar-refractivity contribution in [1.82, 2.24) is 20.3 Å². The zero-order valence-corrected chi connectivity index (χ0v) is 18.7. The van der Waals surface area contributed by atoms with E-state index in [1.54, 1.807) is 18.5 Å². The SMILES string of the molecule is Cc1cnc(NC2CCOCC2)cc1-c1c[nH]c(C(=O)N[C@@H](CN)c2cncc(Cl)c2)c1. The third-order valence-electron chi connectivity index (χ3n) is 5.58. The van der Waals surface area contributed by atoms with E-state index in [1.807, 2.05) is 31.5 Å². The number of pyridine rings is 2. The smallest absolute Gasteiger partial charge is 0.268 e. The summed E-state index contributed by atoms with van der Waals surface area (Å²) in [5, 5.41) is 6.93. The fraction of sp³-hybridized carbons (Fsp3) is 0.348. The highest BCUT2D eigenvalue weighted by molar-refractivity contribution is 6.30. The molecule has 1 aliphatic heterocycles. The van der Waals surface area contributed by atoms with E-state index in [4.69, 9.17) is 22.1 Å². The molecule has 0 unspecified atom stereocenters. The number of amides is 1. The molecule has 4 rings (SSSR count). The van der Waals surface area contributed by atoms with Crippen molar-refractivity contribution < 1.29 is 9.53 Å². The molecular weight excluding hydrogens is 428 g/mol. The number of aromatic nitrogens is 3. The van der Waals surface area contributed by atoms with Crippen molar-refractivity contribution in [2.24, 2.45) is 5.73 Å². The van der Waals surface area contributed by atoms with Crippen LogP contribution >= 0.6 is 11.6 Å². The average Bonchev–Trinajstić information content (AvgIpc) is 3.29. The second-order valence-corrected chi connectivity index (χ2v) is 8.35. The lowest BCUT2D eigenvalue weighted by Crippen LogP contribution is -2.33. The molecule has 9 heteroatoms. The number of ether oxygens (including phenoxy) is 1. The summed E-state index contributed by atoms with van der Waals surface area (Å²) in [6.45, 7) is 3.76. The number of carbonyl (C=O) groups excluding carboxylic acids is 1. The normalized spacial score (nSPS) is 15.3. The Balaban J connectivity index is 1.49. The molecule has 3 aromatic heterocycles. The number of nitrogens with one attached hydrogen (secondary N) is 3. The van der Waals surface area contributed by atoms with Crippen molar-refractivity contribution in [2.75, 3.05) is 25.1 Å². The predicted molar refractivity (Wildman–Crippen MR) is 125 cm³/mol. The molecule has 1 fully saturated rings. The Hall–Kier alpha value is -2.94. The number of H-pyrrole nitrogens is 1. The van der Waals surface area contributed by atoms with Gasteiger partial charge >= 0.3 is 0 Å². The molecule has 0 spiro atoms. The van der Waals surface area contributed by atoms with E-state index < -0.39 is 6.04 Å². The molecule has 5 N–H and O–H groups in total. The first-order valence-electron chi connectivity index (χ1n) is 10.6. The number of hydrogen-bond donors (Lipinski definition) is 4. The Kier molecular flexibility index (Phi) is 7.04. The molecule has 4 heterocycles. The van der Waals surface area contributed by atoms with Gasteiger partial charge in [0.1, 0.15) is 11.5 Å². The van der Waals surface area contributed by atoms with Crippen LogP contribution in [0.15, 0.2) is 43.0 Å². The van der Waals surface area contributed by atoms with Crippen LogP contribution in [0.1, 0.15) is 40.5 Å². The number of carbonyl (C=O) groups is 1. The summed E-state index contributed by atoms with van der Waals surface area (Å²) in [5.41, 5.74) is 10.0. The van der Waals surface area contributed by atoms with E-state index in [9.17, 15) is 4.79 Å². The summed E-state index contributed by atoms with van der Waals surface area (Å²) >= 11 is 6.02. The molecule has 0 aromatic carbocycles. The topological polar surface area (TPSA) is 118 Å². The number of rotatable bonds is 7. The molecule has 1 atom stereocenters. The van der Waals surface area contributed by atoms with Crippen molar-refractivity contribution in [3.05, 3.63) is 64.8 Å². The zero-order valence-electron chi connectivity index (χ0n) is 17.9. The van der Waals surface area contributed by atoms with Crippen LogP contribution in [0.3, 0.4) is 0 Å². The van der Waals surface area contributed by atoms with Crippen LogP contribution in [0.4, 0.5) is 5.82 Å². The predicted octanol–water partition coefficient (Wildman–Crippen LogP) is 3.45. The van der Waals surface area contributed by atoms with E-state index in [0.717, 1.165) is 54.1 Å². The fourth-order valence-corrected chi connectivity index (χ4v) is 3.96. The average molecular weight is 455 g/mol. The molecule has 32 heavy (non-hydrogen) atoms. The van der Waals surface area contributed by atoms with Crippen LogP contribution in [0.5, 0.6) is 0 Å². The minimum absolute atomic E-state index is 0.228. The molecule has 0 radical (unpaired) electrons. The van der Waals surface area contributed by atoms with E-state index in [0.29, 0.717) is 16.8 Å². The molecular formula is C23H27ClN6O2. The number of anilines is 1. The Bertz CT molecular complexity index is 1080. The van der Waals surface area contributed by atoms with Crippen LogP contribution in [-0.4, -0.2) is 46.7 Å². The highest BCUT2D eigenvalue weighted by atomic mass is 35.5. The van der Waals surface area contributed by atoms with Gasteiger partial charge in [-0.15, -0.1) is 0 Å². The molecule has 0 saturated carbocycles. The van der Waals surface area contributed by atoms with Crippen molar-refractivity contribution in [3.63, 3.8) is 0 Å². The van der Waals surface area contributed by atoms with Gasteiger partial charge in [-0.1, -0.05) is 11.6 Å². The van der Waals surface area contributed by atoms with Crippen LogP contribution in [-0.2, 0) is 4.74 Å². The molecule has 0 bridgehead atoms. The first-order valence-corrected chi connectivity index (χ1v) is 11.0. The number of aryl methyl sites for hydroxylation is 1. The number of hydrogen-bond acceptors (Lipinski definition) is 6. The molecule has 1 saturated heterocycles. The van der Waals surface area contributed by atoms with Crippen LogP contribution in [0.2, 0.25) is 5.02 Å². The van der Waals surface area contributed by atoms with E-state index in [2.05, 4.69) is 25.6 Å². The van der Waals surface area contributed by atoms with Gasteiger partial charge in [0, 0.05) is 56.2 Å². The largest absolute Gasteiger partial charge is 0.381 e. The van der Waals surface area contributed by atoms with Gasteiger partial charge in [-0.05, 0) is 54.7 Å². The summed E-state index contributed by atoms with van der Waals surface area (Å²) in [7, 11) is 0. The van der Waals surface area contributed by atoms with Gasteiger partial charge in [-0.25, -0.2) is 4.98 Å². The van der Waals surface area contributed by atoms with Crippen molar-refractivity contribution in [3.8, 4) is 11.1 Å². The minimum Gasteiger partial charge on any atom is -0.381 e. The van der Waals surface area contributed by atoms with E-state index in [1.165, 1.54) is 0 Å². The number of aromatic amines is 1. The molecule has 1 amide bonds. The lowest BCUT2D eigenvalue weighted by Gasteiger charge is -2.24. The first-order chi connectivity index (χ1) is 15.5. The lowest BCUT2D eigenvalue weighted by molar-refractivity contribution is 0.0903.